The van der Waals surface area contributed by atoms with Gasteiger partial charge < -0.3 is 15.3 Å². The van der Waals surface area contributed by atoms with Crippen molar-refractivity contribution < 1.29 is 9.90 Å². The van der Waals surface area contributed by atoms with Crippen molar-refractivity contribution in [3.05, 3.63) is 0 Å². The first-order valence-electron chi connectivity index (χ1n) is 11.8. The summed E-state index contributed by atoms with van der Waals surface area (Å²) < 4.78 is 0. The maximum atomic E-state index is 11.8. The highest BCUT2D eigenvalue weighted by atomic mass is 16.3. The average Bonchev–Trinajstić information content (AvgIpc) is 2.65. The molecule has 27 heavy (non-hydrogen) atoms. The molecule has 0 aliphatic rings. The van der Waals surface area contributed by atoms with Crippen LogP contribution in [0.1, 0.15) is 110 Å². The van der Waals surface area contributed by atoms with E-state index in [4.69, 9.17) is 5.11 Å². The molecule has 0 fully saturated rings. The van der Waals surface area contributed by atoms with Crippen LogP contribution in [0.15, 0.2) is 0 Å². The van der Waals surface area contributed by atoms with Crippen LogP contribution in [0, 0.1) is 0 Å². The van der Waals surface area contributed by atoms with Crippen LogP contribution in [-0.4, -0.2) is 49.2 Å². The van der Waals surface area contributed by atoms with Gasteiger partial charge in [0.1, 0.15) is 0 Å². The molecule has 162 valence electrons. The van der Waals surface area contributed by atoms with Gasteiger partial charge in [-0.25, -0.2) is 0 Å². The molecule has 2 N–H and O–H groups in total. The molecular formula is C23H48N2O2. The number of aliphatic hydroxyl groups is 1. The SMILES string of the molecule is CCCCCCCCCCCCCCCCC(=O)NCCCN(C)CCO. The van der Waals surface area contributed by atoms with Crippen LogP contribution >= 0.6 is 0 Å². The Morgan fingerprint density at radius 3 is 1.70 bits per heavy atom. The van der Waals surface area contributed by atoms with E-state index in [2.05, 4.69) is 17.1 Å². The monoisotopic (exact) mass is 384 g/mol. The van der Waals surface area contributed by atoms with Gasteiger partial charge in [0.25, 0.3) is 0 Å². The lowest BCUT2D eigenvalue weighted by Crippen LogP contribution is -2.29. The van der Waals surface area contributed by atoms with Gasteiger partial charge in [-0.15, -0.1) is 0 Å². The number of carbonyl (C=O) groups is 1. The van der Waals surface area contributed by atoms with Gasteiger partial charge in [-0.2, -0.15) is 0 Å². The van der Waals surface area contributed by atoms with Crippen molar-refractivity contribution in [2.75, 3.05) is 33.3 Å². The molecule has 0 aromatic carbocycles. The zero-order chi connectivity index (χ0) is 20.0. The van der Waals surface area contributed by atoms with Gasteiger partial charge in [0.15, 0.2) is 0 Å². The molecule has 0 heterocycles. The summed E-state index contributed by atoms with van der Waals surface area (Å²) in [4.78, 5) is 13.9. The van der Waals surface area contributed by atoms with E-state index in [1.54, 1.807) is 0 Å². The number of amides is 1. The number of likely N-dealkylation sites (N-methyl/N-ethyl adjacent to an activating group) is 1. The zero-order valence-electron chi connectivity index (χ0n) is 18.4. The number of hydrogen-bond acceptors (Lipinski definition) is 3. The number of nitrogens with zero attached hydrogens (tertiary/aromatic N) is 1. The Bertz CT molecular complexity index is 311. The predicted molar refractivity (Wildman–Crippen MR) is 117 cm³/mol. The Kier molecular flexibility index (Phi) is 21.2. The molecule has 0 aromatic heterocycles. The van der Waals surface area contributed by atoms with Crippen molar-refractivity contribution in [1.82, 2.24) is 10.2 Å². The largest absolute Gasteiger partial charge is 0.395 e. The maximum absolute atomic E-state index is 11.8. The van der Waals surface area contributed by atoms with Crippen molar-refractivity contribution in [1.29, 1.82) is 0 Å². The van der Waals surface area contributed by atoms with Gasteiger partial charge in [-0.3, -0.25) is 4.79 Å². The molecule has 0 rings (SSSR count). The van der Waals surface area contributed by atoms with E-state index in [0.717, 1.165) is 25.9 Å². The minimum absolute atomic E-state index is 0.193. The highest BCUT2D eigenvalue weighted by molar-refractivity contribution is 5.75. The van der Waals surface area contributed by atoms with Crippen LogP contribution in [-0.2, 0) is 4.79 Å². The molecule has 0 saturated carbocycles. The van der Waals surface area contributed by atoms with Crippen molar-refractivity contribution in [2.24, 2.45) is 0 Å². The van der Waals surface area contributed by atoms with Crippen LogP contribution in [0.2, 0.25) is 0 Å². The third-order valence-corrected chi connectivity index (χ3v) is 5.28. The molecule has 1 amide bonds. The second-order valence-electron chi connectivity index (χ2n) is 8.08. The fourth-order valence-corrected chi connectivity index (χ4v) is 3.43. The third-order valence-electron chi connectivity index (χ3n) is 5.28. The molecule has 0 aromatic rings. The molecule has 0 aliphatic carbocycles. The standard InChI is InChI=1S/C23H48N2O2/c1-3-4-5-6-7-8-9-10-11-12-13-14-15-16-18-23(27)24-19-17-20-25(2)21-22-26/h26H,3-22H2,1-2H3,(H,24,27). The quantitative estimate of drug-likeness (QED) is 0.264. The van der Waals surface area contributed by atoms with Gasteiger partial charge in [0.2, 0.25) is 5.91 Å². The Labute approximate surface area is 169 Å². The normalized spacial score (nSPS) is 11.3. The predicted octanol–water partition coefficient (Wildman–Crippen LogP) is 5.29. The summed E-state index contributed by atoms with van der Waals surface area (Å²) in [6.45, 7) is 4.83. The van der Waals surface area contributed by atoms with E-state index in [1.165, 1.54) is 83.5 Å². The second-order valence-corrected chi connectivity index (χ2v) is 8.08. The summed E-state index contributed by atoms with van der Waals surface area (Å²) in [5.41, 5.74) is 0. The lowest BCUT2D eigenvalue weighted by molar-refractivity contribution is -0.121. The lowest BCUT2D eigenvalue weighted by Gasteiger charge is -2.14. The Morgan fingerprint density at radius 2 is 1.22 bits per heavy atom. The molecule has 0 aliphatic heterocycles. The summed E-state index contributed by atoms with van der Waals surface area (Å²) in [7, 11) is 1.99. The fourth-order valence-electron chi connectivity index (χ4n) is 3.43. The van der Waals surface area contributed by atoms with Gasteiger partial charge in [0.05, 0.1) is 6.61 Å². The first kappa shape index (κ1) is 26.4. The number of nitrogens with one attached hydrogen (secondary N) is 1. The van der Waals surface area contributed by atoms with E-state index in [9.17, 15) is 4.79 Å². The molecule has 0 bridgehead atoms. The fraction of sp³-hybridized carbons (Fsp3) is 0.957. The highest BCUT2D eigenvalue weighted by Gasteiger charge is 2.02. The Hall–Kier alpha value is -0.610. The first-order chi connectivity index (χ1) is 13.2. The molecule has 0 unspecified atom stereocenters. The van der Waals surface area contributed by atoms with Crippen molar-refractivity contribution in [3.63, 3.8) is 0 Å². The molecule has 0 radical (unpaired) electrons. The highest BCUT2D eigenvalue weighted by Crippen LogP contribution is 2.13. The van der Waals surface area contributed by atoms with Crippen LogP contribution < -0.4 is 5.32 Å². The summed E-state index contributed by atoms with van der Waals surface area (Å²) in [6, 6.07) is 0. The van der Waals surface area contributed by atoms with Gasteiger partial charge in [-0.05, 0) is 26.4 Å². The maximum Gasteiger partial charge on any atom is 0.219 e. The molecule has 0 atom stereocenters. The molecular weight excluding hydrogens is 336 g/mol. The lowest BCUT2D eigenvalue weighted by atomic mass is 10.0. The van der Waals surface area contributed by atoms with Crippen LogP contribution in [0.25, 0.3) is 0 Å². The first-order valence-corrected chi connectivity index (χ1v) is 11.8. The van der Waals surface area contributed by atoms with Gasteiger partial charge >= 0.3 is 0 Å². The van der Waals surface area contributed by atoms with E-state index >= 15 is 0 Å². The van der Waals surface area contributed by atoms with Gasteiger partial charge in [-0.1, -0.05) is 90.4 Å². The average molecular weight is 385 g/mol. The van der Waals surface area contributed by atoms with Crippen molar-refractivity contribution in [2.45, 2.75) is 110 Å². The van der Waals surface area contributed by atoms with Crippen LogP contribution in [0.3, 0.4) is 0 Å². The Balaban J connectivity index is 3.18. The van der Waals surface area contributed by atoms with Crippen molar-refractivity contribution in [3.8, 4) is 0 Å². The van der Waals surface area contributed by atoms with Gasteiger partial charge in [0, 0.05) is 19.5 Å². The van der Waals surface area contributed by atoms with Crippen LogP contribution in [0.4, 0.5) is 0 Å². The summed E-state index contributed by atoms with van der Waals surface area (Å²) >= 11 is 0. The molecule has 0 spiro atoms. The van der Waals surface area contributed by atoms with E-state index in [-0.39, 0.29) is 12.5 Å². The number of hydrogen-bond donors (Lipinski definition) is 2. The Morgan fingerprint density at radius 1 is 0.741 bits per heavy atom. The van der Waals surface area contributed by atoms with Crippen molar-refractivity contribution >= 4 is 5.91 Å². The number of carbonyl (C=O) groups excluding carboxylic acids is 1. The molecule has 4 nitrogen and oxygen atoms in total. The smallest absolute Gasteiger partial charge is 0.219 e. The van der Waals surface area contributed by atoms with E-state index in [0.29, 0.717) is 13.0 Å². The topological polar surface area (TPSA) is 52.6 Å². The summed E-state index contributed by atoms with van der Waals surface area (Å²) in [5, 5.41) is 11.8. The number of rotatable bonds is 21. The minimum atomic E-state index is 0.193. The van der Waals surface area contributed by atoms with E-state index in [1.807, 2.05) is 7.05 Å². The van der Waals surface area contributed by atoms with Crippen LogP contribution in [0.5, 0.6) is 0 Å². The number of aliphatic hydroxyl groups excluding tert-OH is 1. The molecule has 0 saturated heterocycles. The van der Waals surface area contributed by atoms with E-state index < -0.39 is 0 Å². The molecule has 4 heteroatoms. The minimum Gasteiger partial charge on any atom is -0.395 e. The summed E-state index contributed by atoms with van der Waals surface area (Å²) in [6.07, 6.45) is 20.5. The number of unbranched alkanes of at least 4 members (excludes halogenated alkanes) is 13. The summed E-state index contributed by atoms with van der Waals surface area (Å²) in [5.74, 6) is 0.193. The second kappa shape index (κ2) is 21.7. The zero-order valence-corrected chi connectivity index (χ0v) is 18.4. The third kappa shape index (κ3) is 21.5.